The molecule has 4 amide bonds. The van der Waals surface area contributed by atoms with Gasteiger partial charge in [-0.15, -0.1) is 0 Å². The smallest absolute Gasteiger partial charge is 0.260 e. The average molecular weight is 707 g/mol. The van der Waals surface area contributed by atoms with Crippen molar-refractivity contribution in [1.82, 2.24) is 9.91 Å². The van der Waals surface area contributed by atoms with Gasteiger partial charge in [0.25, 0.3) is 11.8 Å². The highest BCUT2D eigenvalue weighted by Gasteiger charge is 2.70. The fraction of sp³-hybridized carbons (Fsp3) is 0.333. The summed E-state index contributed by atoms with van der Waals surface area (Å²) in [7, 11) is 5.81. The Labute approximate surface area is 292 Å². The highest BCUT2D eigenvalue weighted by molar-refractivity contribution is 6.36. The third-order valence-corrected chi connectivity index (χ3v) is 11.2. The molecule has 0 spiro atoms. The molecule has 2 aliphatic heterocycles. The van der Waals surface area contributed by atoms with E-state index < -0.39 is 46.8 Å². The van der Waals surface area contributed by atoms with Crippen molar-refractivity contribution in [3.8, 4) is 23.0 Å². The maximum Gasteiger partial charge on any atom is 0.260 e. The molecular weight excluding hydrogens is 673 g/mol. The number of fused-ring (bicyclic) bond motifs is 4. The Balaban J connectivity index is 1.51. The molecule has 0 aromatic heterocycles. The van der Waals surface area contributed by atoms with E-state index in [4.69, 9.17) is 37.4 Å². The van der Waals surface area contributed by atoms with Crippen molar-refractivity contribution in [2.75, 3.05) is 33.8 Å². The lowest BCUT2D eigenvalue weighted by molar-refractivity contribution is -0.140. The highest BCUT2D eigenvalue weighted by Crippen LogP contribution is 2.64. The monoisotopic (exact) mass is 705 g/mol. The number of rotatable bonds is 7. The van der Waals surface area contributed by atoms with Crippen LogP contribution in [0.15, 0.2) is 66.2 Å². The van der Waals surface area contributed by atoms with Crippen molar-refractivity contribution < 1.29 is 38.5 Å². The fourth-order valence-corrected chi connectivity index (χ4v) is 8.91. The molecule has 0 unspecified atom stereocenters. The van der Waals surface area contributed by atoms with Gasteiger partial charge in [-0.2, -0.15) is 5.01 Å². The minimum Gasteiger partial charge on any atom is -0.502 e. The van der Waals surface area contributed by atoms with Crippen LogP contribution in [0.3, 0.4) is 0 Å². The minimum absolute atomic E-state index is 0.0961. The third-order valence-electron chi connectivity index (χ3n) is 10.6. The summed E-state index contributed by atoms with van der Waals surface area (Å²) in [5.74, 6) is -4.89. The molecule has 6 atom stereocenters. The number of imide groups is 2. The summed E-state index contributed by atoms with van der Waals surface area (Å²) in [6.07, 6.45) is 2.34. The number of methoxy groups -OCH3 is 3. The standard InChI is InChI=1S/C36H33Cl2N3O8/c1-40-32(43)22-11-10-21-23(29(22)34(40)45)16-24-33(44)41(39-26-12-7-19(37)15-25(26)38)35(46)36(24,18-5-8-20(47-2)9-6-18)30(21)17-13-27(48-3)31(42)28(14-17)49-4/h5-10,12-15,22-24,29-30,39,42H,11,16H2,1-4H3/t22-,23+,24-,29-,30-,36+/m0/s1. The van der Waals surface area contributed by atoms with E-state index in [0.29, 0.717) is 21.9 Å². The molecule has 13 heteroatoms. The molecule has 2 saturated heterocycles. The number of nitrogens with one attached hydrogen (secondary N) is 1. The Hall–Kier alpha value is -4.74. The number of carbonyl (C=O) groups is 4. The molecule has 3 aromatic carbocycles. The first kappa shape index (κ1) is 32.8. The summed E-state index contributed by atoms with van der Waals surface area (Å²) in [6.45, 7) is 0. The summed E-state index contributed by atoms with van der Waals surface area (Å²) >= 11 is 12.6. The van der Waals surface area contributed by atoms with Crippen LogP contribution in [-0.2, 0) is 24.6 Å². The lowest BCUT2D eigenvalue weighted by Gasteiger charge is -2.50. The number of hydrogen-bond donors (Lipinski definition) is 2. The predicted molar refractivity (Wildman–Crippen MR) is 180 cm³/mol. The molecule has 7 rings (SSSR count). The number of likely N-dealkylation sites (tertiary alicyclic amines) is 1. The van der Waals surface area contributed by atoms with Crippen LogP contribution in [0, 0.1) is 23.7 Å². The van der Waals surface area contributed by atoms with Crippen LogP contribution >= 0.6 is 23.2 Å². The van der Waals surface area contributed by atoms with Crippen molar-refractivity contribution in [2.45, 2.75) is 24.2 Å². The Morgan fingerprint density at radius 3 is 2.14 bits per heavy atom. The molecule has 2 heterocycles. The van der Waals surface area contributed by atoms with Gasteiger partial charge < -0.3 is 19.3 Å². The molecular formula is C36H33Cl2N3O8. The molecule has 11 nitrogen and oxygen atoms in total. The van der Waals surface area contributed by atoms with Gasteiger partial charge in [-0.05, 0) is 72.4 Å². The van der Waals surface area contributed by atoms with Gasteiger partial charge in [0, 0.05) is 18.0 Å². The molecule has 254 valence electrons. The molecule has 0 bridgehead atoms. The first-order chi connectivity index (χ1) is 23.5. The SMILES string of the molecule is COc1ccc([C@@]23C(=O)N(Nc4ccc(Cl)cc4Cl)C(=O)[C@@H]2C[C@@H]2C(=CC[C@@H]4C(=O)N(C)C(=O)[C@@H]42)[C@@H]3c2cc(OC)c(O)c(OC)c2)cc1. The number of carbonyl (C=O) groups excluding carboxylic acids is 4. The molecule has 2 N–H and O–H groups in total. The maximum absolute atomic E-state index is 15.3. The first-order valence-electron chi connectivity index (χ1n) is 15.7. The minimum atomic E-state index is -1.57. The maximum atomic E-state index is 15.3. The van der Waals surface area contributed by atoms with Gasteiger partial charge in [-0.25, -0.2) is 0 Å². The number of hydrazine groups is 1. The van der Waals surface area contributed by atoms with E-state index in [1.54, 1.807) is 48.5 Å². The van der Waals surface area contributed by atoms with Gasteiger partial charge in [0.05, 0.1) is 55.2 Å². The summed E-state index contributed by atoms with van der Waals surface area (Å²) in [4.78, 5) is 58.2. The number of phenols is 1. The predicted octanol–water partition coefficient (Wildman–Crippen LogP) is 5.34. The zero-order valence-electron chi connectivity index (χ0n) is 27.0. The van der Waals surface area contributed by atoms with E-state index in [1.165, 1.54) is 34.4 Å². The largest absolute Gasteiger partial charge is 0.502 e. The lowest BCUT2D eigenvalue weighted by Crippen LogP contribution is -2.53. The Bertz CT molecular complexity index is 1920. The van der Waals surface area contributed by atoms with E-state index in [1.807, 2.05) is 6.08 Å². The number of phenolic OH excluding ortho intramolecular Hbond substituents is 1. The quantitative estimate of drug-likeness (QED) is 0.247. The van der Waals surface area contributed by atoms with Crippen molar-refractivity contribution in [3.63, 3.8) is 0 Å². The van der Waals surface area contributed by atoms with Crippen LogP contribution in [0.4, 0.5) is 5.69 Å². The molecule has 49 heavy (non-hydrogen) atoms. The normalized spacial score (nSPS) is 27.4. The van der Waals surface area contributed by atoms with Crippen LogP contribution in [0.5, 0.6) is 23.0 Å². The van der Waals surface area contributed by atoms with Crippen molar-refractivity contribution >= 4 is 52.5 Å². The van der Waals surface area contributed by atoms with Gasteiger partial charge in [0.15, 0.2) is 11.5 Å². The van der Waals surface area contributed by atoms with Crippen LogP contribution in [0.2, 0.25) is 10.0 Å². The van der Waals surface area contributed by atoms with Gasteiger partial charge >= 0.3 is 0 Å². The van der Waals surface area contributed by atoms with E-state index in [2.05, 4.69) is 5.43 Å². The highest BCUT2D eigenvalue weighted by atomic mass is 35.5. The zero-order valence-corrected chi connectivity index (χ0v) is 28.5. The number of anilines is 1. The van der Waals surface area contributed by atoms with E-state index in [0.717, 1.165) is 15.5 Å². The van der Waals surface area contributed by atoms with E-state index in [9.17, 15) is 19.5 Å². The number of allylic oxidation sites excluding steroid dienone is 2. The molecule has 3 aromatic rings. The summed E-state index contributed by atoms with van der Waals surface area (Å²) in [5.41, 5.74) is 3.47. The molecule has 0 radical (unpaired) electrons. The number of nitrogens with zero attached hydrogens (tertiary/aromatic N) is 2. The second kappa shape index (κ2) is 12.0. The molecule has 3 fully saturated rings. The van der Waals surface area contributed by atoms with Crippen molar-refractivity contribution in [2.24, 2.45) is 23.7 Å². The Kier molecular flexibility index (Phi) is 8.03. The number of amides is 4. The second-order valence-electron chi connectivity index (χ2n) is 12.7. The second-order valence-corrected chi connectivity index (χ2v) is 13.6. The third kappa shape index (κ3) is 4.69. The number of ether oxygens (including phenoxy) is 3. The summed E-state index contributed by atoms with van der Waals surface area (Å²) in [5, 5.41) is 12.5. The van der Waals surface area contributed by atoms with Gasteiger partial charge in [0.2, 0.25) is 17.6 Å². The molecule has 4 aliphatic rings. The van der Waals surface area contributed by atoms with Crippen LogP contribution in [0.25, 0.3) is 0 Å². The topological polar surface area (TPSA) is 135 Å². The zero-order chi connectivity index (χ0) is 34.9. The van der Waals surface area contributed by atoms with Crippen LogP contribution < -0.4 is 19.6 Å². The van der Waals surface area contributed by atoms with Crippen molar-refractivity contribution in [3.05, 3.63) is 87.4 Å². The summed E-state index contributed by atoms with van der Waals surface area (Å²) < 4.78 is 16.5. The Morgan fingerprint density at radius 1 is 0.857 bits per heavy atom. The summed E-state index contributed by atoms with van der Waals surface area (Å²) in [6, 6.07) is 14.9. The molecule has 2 aliphatic carbocycles. The fourth-order valence-electron chi connectivity index (χ4n) is 8.46. The average Bonchev–Trinajstić information content (AvgIpc) is 3.45. The first-order valence-corrected chi connectivity index (χ1v) is 16.4. The van der Waals surface area contributed by atoms with Gasteiger partial charge in [-0.3, -0.25) is 29.5 Å². The lowest BCUT2D eigenvalue weighted by atomic mass is 9.49. The molecule has 1 saturated carbocycles. The number of aromatic hydroxyl groups is 1. The van der Waals surface area contributed by atoms with Gasteiger partial charge in [0.1, 0.15) is 5.75 Å². The van der Waals surface area contributed by atoms with E-state index in [-0.39, 0.29) is 52.6 Å². The Morgan fingerprint density at radius 2 is 1.53 bits per heavy atom. The van der Waals surface area contributed by atoms with Crippen molar-refractivity contribution in [1.29, 1.82) is 0 Å². The number of halogens is 2. The van der Waals surface area contributed by atoms with Crippen LogP contribution in [-0.4, -0.2) is 67.0 Å². The van der Waals surface area contributed by atoms with Crippen LogP contribution in [0.1, 0.15) is 29.9 Å². The van der Waals surface area contributed by atoms with Gasteiger partial charge in [-0.1, -0.05) is 47.0 Å². The van der Waals surface area contributed by atoms with E-state index >= 15 is 4.79 Å². The number of hydrogen-bond acceptors (Lipinski definition) is 9. The number of benzene rings is 3.